The third kappa shape index (κ3) is 16.7. The second-order valence-corrected chi connectivity index (χ2v) is 22.5. The molecule has 4 heterocycles. The number of ether oxygens (including phenoxy) is 4. The number of aromatic nitrogens is 3. The van der Waals surface area contributed by atoms with Crippen molar-refractivity contribution in [2.24, 2.45) is 5.41 Å². The first-order valence-electron chi connectivity index (χ1n) is 27.4. The second-order valence-electron chi connectivity index (χ2n) is 21.2. The highest BCUT2D eigenvalue weighted by Gasteiger charge is 2.45. The van der Waals surface area contributed by atoms with Crippen molar-refractivity contribution in [2.75, 3.05) is 116 Å². The number of nitrogens with one attached hydrogen (secondary N) is 3. The van der Waals surface area contributed by atoms with Crippen molar-refractivity contribution >= 4 is 75.1 Å². The van der Waals surface area contributed by atoms with Gasteiger partial charge in [0.15, 0.2) is 5.82 Å². The largest absolute Gasteiger partial charge is 0.507 e. The topological polar surface area (TPSA) is 250 Å². The number of aliphatic hydroxyl groups is 1. The Morgan fingerprint density at radius 2 is 1.59 bits per heavy atom. The molecule has 0 saturated carbocycles. The van der Waals surface area contributed by atoms with Gasteiger partial charge in [0.2, 0.25) is 35.5 Å². The fourth-order valence-corrected chi connectivity index (χ4v) is 10.7. The van der Waals surface area contributed by atoms with Crippen LogP contribution in [0.2, 0.25) is 5.02 Å². The van der Waals surface area contributed by atoms with Crippen molar-refractivity contribution in [1.29, 1.82) is 0 Å². The van der Waals surface area contributed by atoms with Crippen LogP contribution in [0.15, 0.2) is 66.7 Å². The fraction of sp³-hybridized carbons (Fsp3) is 0.483. The number of phenols is 1. The van der Waals surface area contributed by atoms with Crippen LogP contribution in [-0.4, -0.2) is 193 Å². The number of hydrogen-bond acceptors (Lipinski definition) is 17. The molecule has 0 radical (unpaired) electrons. The predicted octanol–water partition coefficient (Wildman–Crippen LogP) is 5.90. The van der Waals surface area contributed by atoms with E-state index in [1.165, 1.54) is 34.1 Å². The van der Waals surface area contributed by atoms with Crippen LogP contribution in [0.5, 0.6) is 5.75 Å². The van der Waals surface area contributed by atoms with Crippen molar-refractivity contribution in [2.45, 2.75) is 71.7 Å². The summed E-state index contributed by atoms with van der Waals surface area (Å²) in [5.74, 6) is -3.92. The minimum Gasteiger partial charge on any atom is -0.507 e. The Kier molecular flexibility index (Phi) is 22.7. The van der Waals surface area contributed by atoms with Crippen LogP contribution in [0.25, 0.3) is 32.5 Å². The number of aliphatic hydroxyl groups excluding tert-OH is 1. The molecular weight excluding hydrogens is 1120 g/mol. The Morgan fingerprint density at radius 3 is 2.22 bits per heavy atom. The van der Waals surface area contributed by atoms with Crippen molar-refractivity contribution in [3.63, 3.8) is 0 Å². The number of β-amino-alcohol motifs (C(OH)–C–C–N with tert-alkyl or cyclic N) is 1. The molecule has 21 nitrogen and oxygen atoms in total. The summed E-state index contributed by atoms with van der Waals surface area (Å²) in [6, 6.07) is 10.5. The Hall–Kier alpha value is -6.93. The lowest BCUT2D eigenvalue weighted by Crippen LogP contribution is -2.58. The van der Waals surface area contributed by atoms with E-state index in [4.69, 9.17) is 30.5 Å². The van der Waals surface area contributed by atoms with Gasteiger partial charge in [-0.05, 0) is 54.7 Å². The number of fused-ring (bicyclic) bond motifs is 1. The molecular formula is C58H73ClF2N10O11S. The van der Waals surface area contributed by atoms with Crippen molar-refractivity contribution in [3.05, 3.63) is 94.6 Å². The highest BCUT2D eigenvalue weighted by atomic mass is 35.5. The maximum Gasteiger partial charge on any atom is 0.246 e. The highest BCUT2D eigenvalue weighted by molar-refractivity contribution is 7.13. The van der Waals surface area contributed by atoms with E-state index < -0.39 is 64.3 Å². The minimum atomic E-state index is -1.01. The van der Waals surface area contributed by atoms with Crippen LogP contribution < -0.4 is 20.9 Å². The molecule has 5 amide bonds. The number of carbonyl (C=O) groups excluding carboxylic acids is 5. The van der Waals surface area contributed by atoms with E-state index in [0.29, 0.717) is 32.0 Å². The summed E-state index contributed by atoms with van der Waals surface area (Å²) in [5, 5.41) is 30.0. The number of nitrogens with zero attached hydrogens (tertiary/aromatic N) is 7. The lowest BCUT2D eigenvalue weighted by molar-refractivity contribution is -0.144. The zero-order valence-electron chi connectivity index (χ0n) is 47.6. The average molecular weight is 1190 g/mol. The first-order chi connectivity index (χ1) is 39.7. The SMILES string of the molecule is C=CC(=O)N1CCN(c2nc(NCCC(=O)N(C)CCOCCOCCOCCOCC(=O)N[C@H](C(=O)N3C[C@H](O)C[C@H]3C(=O)N[C@@H](C)c3ccc(-c4scnc4C)cc3)C(C)(C)C)nc3c(F)c(-c4c(O)cccc4F)c(Cl)cc23)CC1. The van der Waals surface area contributed by atoms with Crippen LogP contribution in [0.1, 0.15) is 57.8 Å². The number of rotatable bonds is 27. The predicted molar refractivity (Wildman–Crippen MR) is 311 cm³/mol. The number of benzene rings is 3. The van der Waals surface area contributed by atoms with Crippen LogP contribution in [0.3, 0.4) is 0 Å². The first kappa shape index (κ1) is 63.6. The molecule has 2 fully saturated rings. The Balaban J connectivity index is 0.770. The molecule has 4 atom stereocenters. The number of anilines is 2. The Bertz CT molecular complexity index is 3070. The van der Waals surface area contributed by atoms with Gasteiger partial charge in [-0.2, -0.15) is 4.98 Å². The van der Waals surface area contributed by atoms with Crippen molar-refractivity contribution in [1.82, 2.24) is 40.3 Å². The van der Waals surface area contributed by atoms with E-state index in [0.717, 1.165) is 27.8 Å². The Labute approximate surface area is 490 Å². The number of phenolic OH excluding ortho intramolecular Hbond substituents is 1. The zero-order valence-corrected chi connectivity index (χ0v) is 49.1. The molecule has 2 aliphatic rings. The van der Waals surface area contributed by atoms with Crippen LogP contribution in [0.4, 0.5) is 20.5 Å². The third-order valence-electron chi connectivity index (χ3n) is 14.2. The quantitative estimate of drug-likeness (QED) is 0.0303. The molecule has 0 spiro atoms. The number of halogens is 3. The standard InChI is InChI=1S/C58H73ClF2N10O11S/c1-8-46(75)69-18-20-70(21-19-69)54-40-31-41(59)48(49-42(60)10-9-11-44(49)73)50(61)51(40)66-57(67-54)62-17-16-47(76)68(7)22-23-79-24-25-80-26-27-81-28-29-82-33-45(74)65-53(58(4,5)6)56(78)71-32-39(72)30-43(71)55(77)64-35(2)37-12-14-38(15-13-37)52-36(3)63-34-83-52/h8-15,31,34-35,39,43,53,72-73H,1,16-30,32-33H2,2-7H3,(H,64,77)(H,65,74)(H,62,66,67)/t35-,39+,43-,53+/m0/s1. The molecule has 3 aromatic carbocycles. The summed E-state index contributed by atoms with van der Waals surface area (Å²) in [7, 11) is 1.63. The molecule has 2 aromatic heterocycles. The molecule has 83 heavy (non-hydrogen) atoms. The number of likely N-dealkylation sites (N-methyl/N-ethyl adjacent to an activating group) is 1. The molecule has 2 saturated heterocycles. The minimum absolute atomic E-state index is 0.00642. The number of carbonyl (C=O) groups is 5. The van der Waals surface area contributed by atoms with Crippen LogP contribution in [-0.2, 0) is 42.9 Å². The number of hydrogen-bond donors (Lipinski definition) is 5. The molecule has 5 N–H and O–H groups in total. The molecule has 0 bridgehead atoms. The normalized spacial score (nSPS) is 16.2. The molecule has 0 unspecified atom stereocenters. The van der Waals surface area contributed by atoms with Gasteiger partial charge < -0.3 is 64.7 Å². The van der Waals surface area contributed by atoms with Gasteiger partial charge in [-0.3, -0.25) is 24.0 Å². The number of aromatic hydroxyl groups is 1. The molecule has 25 heteroatoms. The van der Waals surface area contributed by atoms with E-state index >= 15 is 8.78 Å². The summed E-state index contributed by atoms with van der Waals surface area (Å²) >= 11 is 8.13. The maximum atomic E-state index is 16.5. The number of thiazole rings is 1. The van der Waals surface area contributed by atoms with Gasteiger partial charge >= 0.3 is 0 Å². The number of amides is 5. The number of aryl methyl sites for hydroxylation is 1. The van der Waals surface area contributed by atoms with Gasteiger partial charge in [0.25, 0.3) is 0 Å². The summed E-state index contributed by atoms with van der Waals surface area (Å²) < 4.78 is 53.9. The van der Waals surface area contributed by atoms with E-state index in [1.807, 2.05) is 43.0 Å². The van der Waals surface area contributed by atoms with E-state index in [1.54, 1.807) is 49.6 Å². The molecule has 5 aromatic rings. The number of likely N-dealkylation sites (tertiary alicyclic amines) is 1. The summed E-state index contributed by atoms with van der Waals surface area (Å²) in [4.78, 5) is 86.9. The highest BCUT2D eigenvalue weighted by Crippen LogP contribution is 2.43. The summed E-state index contributed by atoms with van der Waals surface area (Å²) in [6.45, 7) is 15.7. The summed E-state index contributed by atoms with van der Waals surface area (Å²) in [5.41, 5.74) is 2.92. The lowest BCUT2D eigenvalue weighted by atomic mass is 9.85. The van der Waals surface area contributed by atoms with Gasteiger partial charge in [-0.1, -0.05) is 69.3 Å². The molecule has 2 aliphatic heterocycles. The van der Waals surface area contributed by atoms with Gasteiger partial charge in [-0.15, -0.1) is 11.3 Å². The van der Waals surface area contributed by atoms with Gasteiger partial charge in [-0.25, -0.2) is 18.7 Å². The monoisotopic (exact) mass is 1190 g/mol. The average Bonchev–Trinajstić information content (AvgIpc) is 2.90. The van der Waals surface area contributed by atoms with E-state index in [9.17, 15) is 34.2 Å². The van der Waals surface area contributed by atoms with Crippen molar-refractivity contribution < 1.29 is 61.9 Å². The van der Waals surface area contributed by atoms with Gasteiger partial charge in [0.1, 0.15) is 41.6 Å². The smallest absolute Gasteiger partial charge is 0.246 e. The molecule has 448 valence electrons. The third-order valence-corrected chi connectivity index (χ3v) is 15.5. The lowest BCUT2D eigenvalue weighted by Gasteiger charge is -2.35. The van der Waals surface area contributed by atoms with Gasteiger partial charge in [0.05, 0.1) is 85.1 Å². The van der Waals surface area contributed by atoms with Crippen LogP contribution >= 0.6 is 22.9 Å². The van der Waals surface area contributed by atoms with Gasteiger partial charge in [0, 0.05) is 76.7 Å². The maximum absolute atomic E-state index is 16.5. The fourth-order valence-electron chi connectivity index (χ4n) is 9.60. The second kappa shape index (κ2) is 29.5. The number of piperazine rings is 1. The van der Waals surface area contributed by atoms with Crippen molar-refractivity contribution in [3.8, 4) is 27.3 Å². The van der Waals surface area contributed by atoms with Crippen LogP contribution in [0, 0.1) is 24.0 Å². The van der Waals surface area contributed by atoms with E-state index in [2.05, 4.69) is 37.5 Å². The van der Waals surface area contributed by atoms with E-state index in [-0.39, 0.29) is 131 Å². The zero-order chi connectivity index (χ0) is 60.0. The summed E-state index contributed by atoms with van der Waals surface area (Å²) in [6.07, 6.45) is 0.408. The molecule has 0 aliphatic carbocycles. The Morgan fingerprint density at radius 1 is 0.928 bits per heavy atom. The molecule has 7 rings (SSSR count). The first-order valence-corrected chi connectivity index (χ1v) is 28.6.